The number of ether oxygens (including phenoxy) is 1. The van der Waals surface area contributed by atoms with Crippen LogP contribution in [0.2, 0.25) is 0 Å². The molecule has 2 fully saturated rings. The quantitative estimate of drug-likeness (QED) is 0.661. The first-order valence-corrected chi connectivity index (χ1v) is 9.78. The smallest absolute Gasteiger partial charge is 0.234 e. The van der Waals surface area contributed by atoms with Crippen molar-refractivity contribution in [3.8, 4) is 0 Å². The Balaban J connectivity index is 1.67. The van der Waals surface area contributed by atoms with E-state index in [1.165, 1.54) is 19.3 Å². The summed E-state index contributed by atoms with van der Waals surface area (Å²) in [5, 5.41) is 3.09. The summed E-state index contributed by atoms with van der Waals surface area (Å²) in [6, 6.07) is 0.641. The normalized spacial score (nSPS) is 22.5. The Morgan fingerprint density at radius 3 is 2.62 bits per heavy atom. The monoisotopic (exact) mass is 339 g/mol. The Hall–Kier alpha value is -0.650. The van der Waals surface area contributed by atoms with E-state index < -0.39 is 0 Å². The molecule has 2 aliphatic rings. The summed E-state index contributed by atoms with van der Waals surface area (Å²) in [7, 11) is 0. The second-order valence-electron chi connectivity index (χ2n) is 8.33. The summed E-state index contributed by atoms with van der Waals surface area (Å²) in [5.41, 5.74) is 0. The summed E-state index contributed by atoms with van der Waals surface area (Å²) >= 11 is 0. The first-order valence-electron chi connectivity index (χ1n) is 9.78. The predicted octanol–water partition coefficient (Wildman–Crippen LogP) is 1.97. The van der Waals surface area contributed by atoms with Crippen molar-refractivity contribution >= 4 is 5.91 Å². The van der Waals surface area contributed by atoms with Gasteiger partial charge in [-0.1, -0.05) is 27.7 Å². The lowest BCUT2D eigenvalue weighted by Crippen LogP contribution is -2.49. The molecule has 1 N–H and O–H groups in total. The van der Waals surface area contributed by atoms with Crippen molar-refractivity contribution in [2.24, 2.45) is 11.8 Å². The standard InChI is InChI=1S/C19H37N3O2/c1-15(2)7-8-22(17-5-6-17)14-19(23)20-11-18-13-21(9-10-24-18)12-16(3)4/h15-18H,5-14H2,1-4H3,(H,20,23). The van der Waals surface area contributed by atoms with Crippen LogP contribution in [-0.2, 0) is 9.53 Å². The summed E-state index contributed by atoms with van der Waals surface area (Å²) < 4.78 is 5.81. The van der Waals surface area contributed by atoms with Crippen LogP contribution in [0.1, 0.15) is 47.0 Å². The van der Waals surface area contributed by atoms with Gasteiger partial charge in [-0.3, -0.25) is 14.6 Å². The van der Waals surface area contributed by atoms with E-state index in [1.54, 1.807) is 0 Å². The van der Waals surface area contributed by atoms with Crippen LogP contribution in [0, 0.1) is 11.8 Å². The summed E-state index contributed by atoms with van der Waals surface area (Å²) in [6.07, 6.45) is 3.80. The van der Waals surface area contributed by atoms with Gasteiger partial charge < -0.3 is 10.1 Å². The summed E-state index contributed by atoms with van der Waals surface area (Å²) in [4.78, 5) is 17.1. The van der Waals surface area contributed by atoms with Gasteiger partial charge in [-0.25, -0.2) is 0 Å². The molecular weight excluding hydrogens is 302 g/mol. The fourth-order valence-electron chi connectivity index (χ4n) is 3.31. The third kappa shape index (κ3) is 7.49. The zero-order valence-corrected chi connectivity index (χ0v) is 16.1. The van der Waals surface area contributed by atoms with E-state index in [0.717, 1.165) is 32.8 Å². The number of carbonyl (C=O) groups is 1. The van der Waals surface area contributed by atoms with Crippen molar-refractivity contribution < 1.29 is 9.53 Å². The van der Waals surface area contributed by atoms with Gasteiger partial charge in [0.2, 0.25) is 5.91 Å². The largest absolute Gasteiger partial charge is 0.374 e. The number of morpholine rings is 1. The van der Waals surface area contributed by atoms with Crippen LogP contribution in [0.5, 0.6) is 0 Å². The van der Waals surface area contributed by atoms with Gasteiger partial charge in [0.25, 0.3) is 0 Å². The molecule has 2 rings (SSSR count). The topological polar surface area (TPSA) is 44.8 Å². The number of hydrogen-bond acceptors (Lipinski definition) is 4. The number of hydrogen-bond donors (Lipinski definition) is 1. The SMILES string of the molecule is CC(C)CCN(CC(=O)NCC1CN(CC(C)C)CCO1)C1CC1. The van der Waals surface area contributed by atoms with E-state index in [-0.39, 0.29) is 12.0 Å². The summed E-state index contributed by atoms with van der Waals surface area (Å²) in [5.74, 6) is 1.51. The number of carbonyl (C=O) groups excluding carboxylic acids is 1. The molecule has 1 heterocycles. The Morgan fingerprint density at radius 1 is 1.25 bits per heavy atom. The van der Waals surface area contributed by atoms with Crippen LogP contribution in [0.25, 0.3) is 0 Å². The van der Waals surface area contributed by atoms with Gasteiger partial charge in [0.05, 0.1) is 19.3 Å². The molecule has 0 spiro atoms. The van der Waals surface area contributed by atoms with Crippen LogP contribution in [0.15, 0.2) is 0 Å². The third-order valence-corrected chi connectivity index (χ3v) is 4.78. The van der Waals surface area contributed by atoms with Crippen LogP contribution < -0.4 is 5.32 Å². The van der Waals surface area contributed by atoms with E-state index in [4.69, 9.17) is 4.74 Å². The molecule has 1 atom stereocenters. The highest BCUT2D eigenvalue weighted by atomic mass is 16.5. The average Bonchev–Trinajstić information content (AvgIpc) is 3.33. The number of nitrogens with one attached hydrogen (secondary N) is 1. The minimum absolute atomic E-state index is 0.131. The Kier molecular flexibility index (Phi) is 7.98. The van der Waals surface area contributed by atoms with Gasteiger partial charge in [0.1, 0.15) is 0 Å². The molecule has 0 bridgehead atoms. The zero-order valence-electron chi connectivity index (χ0n) is 16.1. The highest BCUT2D eigenvalue weighted by Crippen LogP contribution is 2.27. The Labute approximate surface area is 148 Å². The molecule has 1 aliphatic carbocycles. The fourth-order valence-corrected chi connectivity index (χ4v) is 3.31. The van der Waals surface area contributed by atoms with E-state index in [9.17, 15) is 4.79 Å². The first-order chi connectivity index (χ1) is 11.4. The van der Waals surface area contributed by atoms with Crippen LogP contribution in [-0.4, -0.2) is 73.7 Å². The maximum absolute atomic E-state index is 12.3. The van der Waals surface area contributed by atoms with E-state index in [2.05, 4.69) is 42.8 Å². The Morgan fingerprint density at radius 2 is 2.00 bits per heavy atom. The lowest BCUT2D eigenvalue weighted by atomic mass is 10.1. The van der Waals surface area contributed by atoms with Crippen LogP contribution >= 0.6 is 0 Å². The molecule has 0 aromatic rings. The lowest BCUT2D eigenvalue weighted by Gasteiger charge is -2.34. The van der Waals surface area contributed by atoms with Crippen molar-refractivity contribution in [1.82, 2.24) is 15.1 Å². The zero-order chi connectivity index (χ0) is 17.5. The molecule has 1 unspecified atom stereocenters. The van der Waals surface area contributed by atoms with Gasteiger partial charge in [-0.05, 0) is 37.6 Å². The minimum Gasteiger partial charge on any atom is -0.374 e. The van der Waals surface area contributed by atoms with Crippen LogP contribution in [0.3, 0.4) is 0 Å². The van der Waals surface area contributed by atoms with Gasteiger partial charge >= 0.3 is 0 Å². The van der Waals surface area contributed by atoms with E-state index in [0.29, 0.717) is 31.0 Å². The molecule has 0 aromatic carbocycles. The highest BCUT2D eigenvalue weighted by molar-refractivity contribution is 5.78. The molecule has 1 aliphatic heterocycles. The number of amides is 1. The molecule has 1 saturated carbocycles. The minimum atomic E-state index is 0.131. The molecule has 0 radical (unpaired) electrons. The maximum Gasteiger partial charge on any atom is 0.234 e. The van der Waals surface area contributed by atoms with Gasteiger partial charge in [-0.15, -0.1) is 0 Å². The van der Waals surface area contributed by atoms with Gasteiger partial charge in [0, 0.05) is 32.2 Å². The maximum atomic E-state index is 12.3. The van der Waals surface area contributed by atoms with E-state index >= 15 is 0 Å². The molecular formula is C19H37N3O2. The first kappa shape index (κ1) is 19.7. The van der Waals surface area contributed by atoms with Crippen molar-refractivity contribution in [1.29, 1.82) is 0 Å². The van der Waals surface area contributed by atoms with E-state index in [1.807, 2.05) is 0 Å². The second kappa shape index (κ2) is 9.73. The van der Waals surface area contributed by atoms with Crippen LogP contribution in [0.4, 0.5) is 0 Å². The predicted molar refractivity (Wildman–Crippen MR) is 98.1 cm³/mol. The molecule has 24 heavy (non-hydrogen) atoms. The molecule has 1 amide bonds. The van der Waals surface area contributed by atoms with Crippen molar-refractivity contribution in [3.05, 3.63) is 0 Å². The number of nitrogens with zero attached hydrogens (tertiary/aromatic N) is 2. The fraction of sp³-hybridized carbons (Fsp3) is 0.947. The van der Waals surface area contributed by atoms with Crippen molar-refractivity contribution in [2.75, 3.05) is 45.9 Å². The Bertz CT molecular complexity index is 383. The number of rotatable bonds is 10. The molecule has 5 heteroatoms. The highest BCUT2D eigenvalue weighted by Gasteiger charge is 2.30. The molecule has 140 valence electrons. The molecule has 5 nitrogen and oxygen atoms in total. The van der Waals surface area contributed by atoms with Gasteiger partial charge in [0.15, 0.2) is 0 Å². The third-order valence-electron chi connectivity index (χ3n) is 4.78. The molecule has 0 aromatic heterocycles. The van der Waals surface area contributed by atoms with Gasteiger partial charge in [-0.2, -0.15) is 0 Å². The van der Waals surface area contributed by atoms with Crippen molar-refractivity contribution in [2.45, 2.75) is 59.1 Å². The lowest BCUT2D eigenvalue weighted by molar-refractivity contribution is -0.123. The molecule has 1 saturated heterocycles. The second-order valence-corrected chi connectivity index (χ2v) is 8.33. The summed E-state index contributed by atoms with van der Waals surface area (Å²) in [6.45, 7) is 15.0. The average molecular weight is 340 g/mol. The van der Waals surface area contributed by atoms with Crippen molar-refractivity contribution in [3.63, 3.8) is 0 Å².